The van der Waals surface area contributed by atoms with Crippen molar-refractivity contribution in [3.05, 3.63) is 41.7 Å². The molecule has 0 saturated carbocycles. The summed E-state index contributed by atoms with van der Waals surface area (Å²) < 4.78 is 0. The van der Waals surface area contributed by atoms with Gasteiger partial charge in [-0.25, -0.2) is 9.97 Å². The van der Waals surface area contributed by atoms with Gasteiger partial charge < -0.3 is 10.2 Å². The summed E-state index contributed by atoms with van der Waals surface area (Å²) in [4.78, 5) is 11.4. The van der Waals surface area contributed by atoms with Crippen molar-refractivity contribution in [3.8, 4) is 0 Å². The highest BCUT2D eigenvalue weighted by atomic mass is 15.2. The number of nitrogens with zero attached hydrogens (tertiary/aromatic N) is 3. The van der Waals surface area contributed by atoms with E-state index < -0.39 is 0 Å². The van der Waals surface area contributed by atoms with Crippen LogP contribution in [0.4, 0.5) is 17.3 Å². The molecule has 110 valence electrons. The highest BCUT2D eigenvalue weighted by Crippen LogP contribution is 2.33. The van der Waals surface area contributed by atoms with Gasteiger partial charge in [-0.3, -0.25) is 0 Å². The van der Waals surface area contributed by atoms with Crippen LogP contribution >= 0.6 is 0 Å². The molecule has 4 heteroatoms. The Kier molecular flexibility index (Phi) is 3.78. The van der Waals surface area contributed by atoms with Gasteiger partial charge in [-0.15, -0.1) is 0 Å². The molecule has 2 heterocycles. The van der Waals surface area contributed by atoms with Crippen LogP contribution in [0.15, 0.2) is 30.3 Å². The number of benzene rings is 1. The Morgan fingerprint density at radius 1 is 1.24 bits per heavy atom. The molecule has 21 heavy (non-hydrogen) atoms. The average molecular weight is 282 g/mol. The lowest BCUT2D eigenvalue weighted by atomic mass is 10.2. The number of rotatable bonds is 4. The molecular formula is C17H22N4. The predicted molar refractivity (Wildman–Crippen MR) is 87.2 cm³/mol. The zero-order valence-electron chi connectivity index (χ0n) is 12.9. The van der Waals surface area contributed by atoms with Gasteiger partial charge in [0.05, 0.1) is 0 Å². The normalized spacial score (nSPS) is 13.6. The van der Waals surface area contributed by atoms with E-state index in [1.807, 2.05) is 6.92 Å². The number of para-hydroxylation sites is 1. The number of nitrogens with one attached hydrogen (secondary N) is 1. The van der Waals surface area contributed by atoms with Crippen molar-refractivity contribution >= 4 is 17.3 Å². The quantitative estimate of drug-likeness (QED) is 0.931. The van der Waals surface area contributed by atoms with E-state index in [-0.39, 0.29) is 0 Å². The molecule has 0 atom stereocenters. The second-order valence-corrected chi connectivity index (χ2v) is 5.96. The first-order valence-electron chi connectivity index (χ1n) is 7.58. The highest BCUT2D eigenvalue weighted by Gasteiger charge is 2.21. The number of anilines is 3. The van der Waals surface area contributed by atoms with Gasteiger partial charge in [0.2, 0.25) is 0 Å². The van der Waals surface area contributed by atoms with E-state index in [1.165, 1.54) is 11.3 Å². The lowest BCUT2D eigenvalue weighted by molar-refractivity contribution is 0.686. The lowest BCUT2D eigenvalue weighted by Crippen LogP contribution is -2.17. The van der Waals surface area contributed by atoms with E-state index in [9.17, 15) is 0 Å². The minimum atomic E-state index is 0.594. The van der Waals surface area contributed by atoms with Crippen molar-refractivity contribution in [1.82, 2.24) is 9.97 Å². The maximum absolute atomic E-state index is 4.62. The van der Waals surface area contributed by atoms with Crippen LogP contribution in [0, 0.1) is 12.8 Å². The van der Waals surface area contributed by atoms with E-state index in [0.717, 1.165) is 37.0 Å². The summed E-state index contributed by atoms with van der Waals surface area (Å²) in [6.07, 6.45) is 1.08. The van der Waals surface area contributed by atoms with Crippen LogP contribution in [0.2, 0.25) is 0 Å². The van der Waals surface area contributed by atoms with Gasteiger partial charge in [0.25, 0.3) is 0 Å². The van der Waals surface area contributed by atoms with Gasteiger partial charge >= 0.3 is 0 Å². The Morgan fingerprint density at radius 2 is 2.05 bits per heavy atom. The van der Waals surface area contributed by atoms with E-state index in [1.54, 1.807) is 0 Å². The summed E-state index contributed by atoms with van der Waals surface area (Å²) in [5, 5.41) is 3.39. The van der Waals surface area contributed by atoms with Crippen molar-refractivity contribution < 1.29 is 0 Å². The molecule has 0 unspecified atom stereocenters. The van der Waals surface area contributed by atoms with Crippen LogP contribution in [0.25, 0.3) is 0 Å². The van der Waals surface area contributed by atoms with Gasteiger partial charge in [-0.1, -0.05) is 32.0 Å². The van der Waals surface area contributed by atoms with Crippen molar-refractivity contribution in [2.75, 3.05) is 23.3 Å². The topological polar surface area (TPSA) is 41.1 Å². The Balaban J connectivity index is 1.89. The number of hydrogen-bond donors (Lipinski definition) is 1. The summed E-state index contributed by atoms with van der Waals surface area (Å²) in [7, 11) is 0. The molecule has 0 saturated heterocycles. The van der Waals surface area contributed by atoms with Gasteiger partial charge in [0, 0.05) is 24.8 Å². The molecule has 0 fully saturated rings. The van der Waals surface area contributed by atoms with Gasteiger partial charge in [-0.05, 0) is 30.9 Å². The van der Waals surface area contributed by atoms with E-state index >= 15 is 0 Å². The van der Waals surface area contributed by atoms with Crippen LogP contribution in [-0.4, -0.2) is 23.1 Å². The third kappa shape index (κ3) is 2.99. The Labute approximate surface area is 126 Å². The van der Waals surface area contributed by atoms with Gasteiger partial charge in [-0.2, -0.15) is 0 Å². The van der Waals surface area contributed by atoms with Crippen LogP contribution in [0.1, 0.15) is 25.2 Å². The SMILES string of the molecule is Cc1nc(NCC(C)C)cc(N2CCc3ccccc32)n1. The highest BCUT2D eigenvalue weighted by molar-refractivity contribution is 5.68. The van der Waals surface area contributed by atoms with Crippen molar-refractivity contribution in [2.45, 2.75) is 27.2 Å². The second kappa shape index (κ2) is 5.72. The first kappa shape index (κ1) is 13.9. The minimum absolute atomic E-state index is 0.594. The zero-order chi connectivity index (χ0) is 14.8. The molecule has 1 aromatic heterocycles. The standard InChI is InChI=1S/C17H22N4/c1-12(2)11-18-16-10-17(20-13(3)19-16)21-9-8-14-6-4-5-7-15(14)21/h4-7,10,12H,8-9,11H2,1-3H3,(H,18,19,20). The van der Waals surface area contributed by atoms with E-state index in [0.29, 0.717) is 5.92 Å². The number of hydrogen-bond acceptors (Lipinski definition) is 4. The third-order valence-electron chi connectivity index (χ3n) is 3.68. The largest absolute Gasteiger partial charge is 0.370 e. The summed E-state index contributed by atoms with van der Waals surface area (Å²) >= 11 is 0. The van der Waals surface area contributed by atoms with Crippen molar-refractivity contribution in [2.24, 2.45) is 5.92 Å². The molecule has 0 radical (unpaired) electrons. The lowest BCUT2D eigenvalue weighted by Gasteiger charge is -2.20. The Morgan fingerprint density at radius 3 is 2.86 bits per heavy atom. The maximum atomic E-state index is 4.62. The van der Waals surface area contributed by atoms with Crippen LogP contribution in [0.5, 0.6) is 0 Å². The first-order chi connectivity index (χ1) is 10.1. The molecule has 3 rings (SSSR count). The molecule has 0 aliphatic carbocycles. The number of aryl methyl sites for hydroxylation is 1. The van der Waals surface area contributed by atoms with E-state index in [4.69, 9.17) is 0 Å². The molecule has 1 aliphatic heterocycles. The summed E-state index contributed by atoms with van der Waals surface area (Å²) in [5.41, 5.74) is 2.66. The van der Waals surface area contributed by atoms with Gasteiger partial charge in [0.15, 0.2) is 0 Å². The fraction of sp³-hybridized carbons (Fsp3) is 0.412. The maximum Gasteiger partial charge on any atom is 0.138 e. The van der Waals surface area contributed by atoms with Crippen LogP contribution < -0.4 is 10.2 Å². The zero-order valence-corrected chi connectivity index (χ0v) is 12.9. The Hall–Kier alpha value is -2.10. The monoisotopic (exact) mass is 282 g/mol. The Bertz CT molecular complexity index is 636. The average Bonchev–Trinajstić information content (AvgIpc) is 2.88. The number of aromatic nitrogens is 2. The first-order valence-corrected chi connectivity index (χ1v) is 7.58. The number of fused-ring (bicyclic) bond motifs is 1. The fourth-order valence-corrected chi connectivity index (χ4v) is 2.67. The summed E-state index contributed by atoms with van der Waals surface area (Å²) in [6.45, 7) is 8.25. The molecule has 1 aromatic carbocycles. The fourth-order valence-electron chi connectivity index (χ4n) is 2.67. The predicted octanol–water partition coefficient (Wildman–Crippen LogP) is 3.55. The summed E-state index contributed by atoms with van der Waals surface area (Å²) in [5.74, 6) is 3.30. The van der Waals surface area contributed by atoms with Crippen molar-refractivity contribution in [3.63, 3.8) is 0 Å². The molecule has 2 aromatic rings. The summed E-state index contributed by atoms with van der Waals surface area (Å²) in [6, 6.07) is 10.6. The molecule has 0 amide bonds. The van der Waals surface area contributed by atoms with Crippen LogP contribution in [-0.2, 0) is 6.42 Å². The smallest absolute Gasteiger partial charge is 0.138 e. The molecular weight excluding hydrogens is 260 g/mol. The van der Waals surface area contributed by atoms with Crippen LogP contribution in [0.3, 0.4) is 0 Å². The van der Waals surface area contributed by atoms with E-state index in [2.05, 4.69) is 64.4 Å². The molecule has 1 aliphatic rings. The van der Waals surface area contributed by atoms with Gasteiger partial charge in [0.1, 0.15) is 17.5 Å². The molecule has 4 nitrogen and oxygen atoms in total. The molecule has 1 N–H and O–H groups in total. The van der Waals surface area contributed by atoms with Crippen molar-refractivity contribution in [1.29, 1.82) is 0 Å². The second-order valence-electron chi connectivity index (χ2n) is 5.96. The third-order valence-corrected chi connectivity index (χ3v) is 3.68. The minimum Gasteiger partial charge on any atom is -0.370 e. The molecule has 0 bridgehead atoms. The molecule has 0 spiro atoms.